The van der Waals surface area contributed by atoms with Gasteiger partial charge in [-0.2, -0.15) is 0 Å². The molecule has 0 heterocycles. The maximum atomic E-state index is 14.0. The van der Waals surface area contributed by atoms with E-state index in [9.17, 15) is 4.39 Å². The van der Waals surface area contributed by atoms with Crippen LogP contribution in [0.5, 0.6) is 0 Å². The van der Waals surface area contributed by atoms with Crippen LogP contribution in [-0.4, -0.2) is 7.28 Å². The highest BCUT2D eigenvalue weighted by Crippen LogP contribution is 2.29. The maximum absolute atomic E-state index is 14.0. The van der Waals surface area contributed by atoms with Crippen LogP contribution < -0.4 is 0 Å². The molecule has 2 aromatic carbocycles. The van der Waals surface area contributed by atoms with Crippen molar-refractivity contribution in [3.8, 4) is 0 Å². The Kier molecular flexibility index (Phi) is 4.41. The van der Waals surface area contributed by atoms with Gasteiger partial charge in [0.1, 0.15) is 13.1 Å². The Bertz CT molecular complexity index is 524. The van der Waals surface area contributed by atoms with Crippen LogP contribution in [0.4, 0.5) is 4.39 Å². The topological polar surface area (TPSA) is 0 Å². The van der Waals surface area contributed by atoms with Crippen molar-refractivity contribution in [2.45, 2.75) is 31.9 Å². The van der Waals surface area contributed by atoms with E-state index in [1.165, 1.54) is 5.56 Å². The number of hydrogen-bond acceptors (Lipinski definition) is 0. The van der Waals surface area contributed by atoms with Crippen molar-refractivity contribution < 1.29 is 4.39 Å². The first kappa shape index (κ1) is 13.9. The fourth-order valence-corrected chi connectivity index (χ4v) is 2.52. The maximum Gasteiger partial charge on any atom is 0.138 e. The van der Waals surface area contributed by atoms with Crippen LogP contribution in [0.15, 0.2) is 54.6 Å². The van der Waals surface area contributed by atoms with E-state index < -0.39 is 0 Å². The fraction of sp³-hybridized carbons (Fsp3) is 0.294. The Morgan fingerprint density at radius 1 is 1.00 bits per heavy atom. The summed E-state index contributed by atoms with van der Waals surface area (Å²) >= 11 is 0. The summed E-state index contributed by atoms with van der Waals surface area (Å²) in [6, 6.07) is 17.6. The Balaban J connectivity index is 2.17. The van der Waals surface area contributed by atoms with Gasteiger partial charge in [0.2, 0.25) is 0 Å². The van der Waals surface area contributed by atoms with Crippen LogP contribution in [-0.2, 0) is 11.6 Å². The van der Waals surface area contributed by atoms with Gasteiger partial charge in [0.15, 0.2) is 0 Å². The molecule has 0 saturated heterocycles. The lowest BCUT2D eigenvalue weighted by Gasteiger charge is -2.28. The monoisotopic (exact) mass is 254 g/mol. The smallest absolute Gasteiger partial charge is 0.138 e. The second kappa shape index (κ2) is 6.05. The van der Waals surface area contributed by atoms with Gasteiger partial charge in [0.25, 0.3) is 0 Å². The minimum absolute atomic E-state index is 0.0834. The van der Waals surface area contributed by atoms with Gasteiger partial charge in [-0.05, 0) is 16.9 Å². The van der Waals surface area contributed by atoms with E-state index in [-0.39, 0.29) is 11.1 Å². The first-order valence-electron chi connectivity index (χ1n) is 6.94. The molecule has 2 heteroatoms. The lowest BCUT2D eigenvalue weighted by molar-refractivity contribution is 0.550. The summed E-state index contributed by atoms with van der Waals surface area (Å²) in [5.41, 5.74) is 2.16. The summed E-state index contributed by atoms with van der Waals surface area (Å²) in [6.45, 7) is 4.30. The number of benzene rings is 2. The summed E-state index contributed by atoms with van der Waals surface area (Å²) in [4.78, 5) is 0. The molecule has 98 valence electrons. The Labute approximate surface area is 115 Å². The Hall–Kier alpha value is -1.57. The molecule has 0 bridgehead atoms. The van der Waals surface area contributed by atoms with E-state index in [0.717, 1.165) is 25.6 Å². The van der Waals surface area contributed by atoms with Crippen molar-refractivity contribution in [2.75, 3.05) is 0 Å². The highest BCUT2D eigenvalue weighted by atomic mass is 19.1. The van der Waals surface area contributed by atoms with E-state index in [0.29, 0.717) is 0 Å². The zero-order chi connectivity index (χ0) is 13.7. The van der Waals surface area contributed by atoms with Crippen molar-refractivity contribution in [2.24, 2.45) is 0 Å². The van der Waals surface area contributed by atoms with Crippen molar-refractivity contribution in [1.29, 1.82) is 0 Å². The van der Waals surface area contributed by atoms with Crippen LogP contribution in [0.3, 0.4) is 0 Å². The van der Waals surface area contributed by atoms with Gasteiger partial charge in [0, 0.05) is 0 Å². The molecule has 1 atom stereocenters. The molecule has 0 aliphatic heterocycles. The van der Waals surface area contributed by atoms with E-state index in [4.69, 9.17) is 0 Å². The summed E-state index contributed by atoms with van der Waals surface area (Å²) in [5, 5.41) is -0.0960. The third kappa shape index (κ3) is 3.26. The molecule has 0 spiro atoms. The average molecular weight is 254 g/mol. The molecule has 2 rings (SSSR count). The molecule has 2 aromatic rings. The van der Waals surface area contributed by atoms with Crippen LogP contribution in [0, 0.1) is 5.82 Å². The lowest BCUT2D eigenvalue weighted by atomic mass is 9.47. The largest absolute Gasteiger partial charge is 0.207 e. The lowest BCUT2D eigenvalue weighted by Crippen LogP contribution is -2.31. The third-order valence-electron chi connectivity index (χ3n) is 4.11. The van der Waals surface area contributed by atoms with Gasteiger partial charge in [0.05, 0.1) is 0 Å². The number of rotatable bonds is 5. The predicted molar refractivity (Wildman–Crippen MR) is 81.3 cm³/mol. The molecule has 19 heavy (non-hydrogen) atoms. The molecule has 0 saturated carbocycles. The minimum Gasteiger partial charge on any atom is -0.207 e. The summed E-state index contributed by atoms with van der Waals surface area (Å²) in [5.74, 6) is -0.0834. The Morgan fingerprint density at radius 2 is 1.63 bits per heavy atom. The van der Waals surface area contributed by atoms with Crippen molar-refractivity contribution >= 4 is 7.28 Å². The molecule has 0 fully saturated rings. The average Bonchev–Trinajstić information content (AvgIpc) is 2.46. The van der Waals surface area contributed by atoms with Gasteiger partial charge >= 0.3 is 0 Å². The number of halogens is 1. The normalized spacial score (nSPS) is 13.8. The van der Waals surface area contributed by atoms with Crippen LogP contribution in [0.2, 0.25) is 0 Å². The van der Waals surface area contributed by atoms with Gasteiger partial charge in [-0.25, -0.2) is 4.39 Å². The van der Waals surface area contributed by atoms with Crippen molar-refractivity contribution in [1.82, 2.24) is 0 Å². The molecule has 0 nitrogen and oxygen atoms in total. The molecule has 0 aliphatic carbocycles. The van der Waals surface area contributed by atoms with E-state index in [1.807, 2.05) is 18.2 Å². The fourth-order valence-electron chi connectivity index (χ4n) is 2.52. The van der Waals surface area contributed by atoms with Gasteiger partial charge in [-0.3, -0.25) is 0 Å². The molecule has 0 aliphatic rings. The molecular weight excluding hydrogens is 234 g/mol. The van der Waals surface area contributed by atoms with Crippen LogP contribution >= 0.6 is 0 Å². The van der Waals surface area contributed by atoms with Gasteiger partial charge < -0.3 is 0 Å². The molecule has 1 unspecified atom stereocenters. The van der Waals surface area contributed by atoms with Crippen LogP contribution in [0.25, 0.3) is 0 Å². The second-order valence-electron chi connectivity index (χ2n) is 5.38. The molecular formula is C17H20BF. The van der Waals surface area contributed by atoms with Crippen molar-refractivity contribution in [3.63, 3.8) is 0 Å². The molecule has 0 aromatic heterocycles. The molecule has 0 amide bonds. The first-order chi connectivity index (χ1) is 9.15. The van der Waals surface area contributed by atoms with Crippen molar-refractivity contribution in [3.05, 3.63) is 71.5 Å². The van der Waals surface area contributed by atoms with Gasteiger partial charge in [-0.1, -0.05) is 80.7 Å². The zero-order valence-electron chi connectivity index (χ0n) is 11.7. The standard InChI is InChI=1S/C17H20BF/c1-3-17(2,15-11-7-8-12-16(15)19)18-13-14-9-5-4-6-10-14/h4-12,18H,3,13H2,1-2H3. The Morgan fingerprint density at radius 3 is 2.26 bits per heavy atom. The van der Waals surface area contributed by atoms with E-state index in [2.05, 4.69) is 38.1 Å². The van der Waals surface area contributed by atoms with E-state index >= 15 is 0 Å². The highest BCUT2D eigenvalue weighted by molar-refractivity contribution is 6.39. The van der Waals surface area contributed by atoms with Crippen LogP contribution in [0.1, 0.15) is 31.4 Å². The SMILES string of the molecule is CCC(C)(BCc1ccccc1)c1ccccc1F. The summed E-state index contributed by atoms with van der Waals surface area (Å²) < 4.78 is 14.0. The predicted octanol–water partition coefficient (Wildman–Crippen LogP) is 4.09. The summed E-state index contributed by atoms with van der Waals surface area (Å²) in [7, 11) is 0.967. The zero-order valence-corrected chi connectivity index (χ0v) is 11.7. The minimum atomic E-state index is -0.0960. The third-order valence-corrected chi connectivity index (χ3v) is 4.11. The second-order valence-corrected chi connectivity index (χ2v) is 5.38. The quantitative estimate of drug-likeness (QED) is 0.705. The molecule has 0 N–H and O–H groups in total. The first-order valence-corrected chi connectivity index (χ1v) is 6.94. The molecule has 0 radical (unpaired) electrons. The number of hydrogen-bond donors (Lipinski definition) is 0. The van der Waals surface area contributed by atoms with Gasteiger partial charge in [-0.15, -0.1) is 0 Å². The highest BCUT2D eigenvalue weighted by Gasteiger charge is 2.28. The van der Waals surface area contributed by atoms with E-state index in [1.54, 1.807) is 12.1 Å². The summed E-state index contributed by atoms with van der Waals surface area (Å²) in [6.07, 6.45) is 1.93.